The van der Waals surface area contributed by atoms with Crippen LogP contribution in [0.1, 0.15) is 0 Å². The van der Waals surface area contributed by atoms with Crippen LogP contribution in [0.4, 0.5) is 0 Å². The van der Waals surface area contributed by atoms with Crippen molar-refractivity contribution in [2.45, 2.75) is 0 Å². The van der Waals surface area contributed by atoms with Crippen LogP contribution in [0.2, 0.25) is 0 Å². The molecule has 0 saturated heterocycles. The fraction of sp³-hybridized carbons (Fsp3) is 0. The molecule has 0 amide bonds. The van der Waals surface area contributed by atoms with Crippen molar-refractivity contribution in [3.05, 3.63) is 231 Å². The van der Waals surface area contributed by atoms with E-state index >= 15 is 0 Å². The number of benzene rings is 9. The van der Waals surface area contributed by atoms with Gasteiger partial charge in [0.05, 0.1) is 22.1 Å². The molecule has 298 valence electrons. The number of para-hydroxylation sites is 2. The number of rotatable bonds is 6. The lowest BCUT2D eigenvalue weighted by atomic mass is 9.81. The lowest BCUT2D eigenvalue weighted by Crippen LogP contribution is -2.01. The first kappa shape index (κ1) is 36.1. The molecule has 4 nitrogen and oxygen atoms in total. The second-order valence-corrected chi connectivity index (χ2v) is 16.5. The van der Waals surface area contributed by atoms with Gasteiger partial charge in [-0.15, -0.1) is 0 Å². The zero-order chi connectivity index (χ0) is 42.1. The Morgan fingerprint density at radius 2 is 0.656 bits per heavy atom. The van der Waals surface area contributed by atoms with Gasteiger partial charge < -0.3 is 9.13 Å². The molecule has 0 aliphatic heterocycles. The first-order chi connectivity index (χ1) is 31.8. The average molecular weight is 815 g/mol. The maximum Gasteiger partial charge on any atom is 0.0571 e. The summed E-state index contributed by atoms with van der Waals surface area (Å²) >= 11 is 0. The van der Waals surface area contributed by atoms with E-state index in [4.69, 9.17) is 0 Å². The van der Waals surface area contributed by atoms with Gasteiger partial charge in [-0.05, 0) is 109 Å². The van der Waals surface area contributed by atoms with Gasteiger partial charge in [0.25, 0.3) is 0 Å². The molecular weight excluding hydrogens is 777 g/mol. The van der Waals surface area contributed by atoms with Gasteiger partial charge in [0.15, 0.2) is 0 Å². The third kappa shape index (κ3) is 5.49. The fourth-order valence-corrected chi connectivity index (χ4v) is 10.4. The molecule has 0 atom stereocenters. The Kier molecular flexibility index (Phi) is 8.18. The van der Waals surface area contributed by atoms with Crippen LogP contribution in [0.25, 0.3) is 121 Å². The van der Waals surface area contributed by atoms with E-state index in [1.807, 2.05) is 24.8 Å². The molecular formula is C60H38N4. The molecule has 0 N–H and O–H groups in total. The number of fused-ring (bicyclic) bond motifs is 8. The summed E-state index contributed by atoms with van der Waals surface area (Å²) in [7, 11) is 0. The van der Waals surface area contributed by atoms with Crippen LogP contribution >= 0.6 is 0 Å². The Bertz CT molecular complexity index is 3600. The van der Waals surface area contributed by atoms with E-state index in [0.717, 1.165) is 49.8 Å². The molecule has 4 aromatic heterocycles. The second-order valence-electron chi connectivity index (χ2n) is 16.5. The summed E-state index contributed by atoms with van der Waals surface area (Å²) in [5, 5.41) is 9.39. The average Bonchev–Trinajstić information content (AvgIpc) is 3.89. The van der Waals surface area contributed by atoms with Crippen molar-refractivity contribution < 1.29 is 0 Å². The second kappa shape index (κ2) is 14.5. The molecule has 64 heavy (non-hydrogen) atoms. The van der Waals surface area contributed by atoms with Crippen LogP contribution in [-0.4, -0.2) is 19.1 Å². The van der Waals surface area contributed by atoms with E-state index in [0.29, 0.717) is 0 Å². The molecule has 0 spiro atoms. The highest BCUT2D eigenvalue weighted by Gasteiger charge is 2.24. The molecule has 0 saturated carbocycles. The SMILES string of the molecule is c1ccc(-c2cccc(-c3ccccc3)c2-c2c3ccccc3c(-c3cc(-n4c5ccccc5c5cnccc54)cc(-n4c5ccccc5c5cnccc54)c3)c3ccccc23)cc1. The van der Waals surface area contributed by atoms with Gasteiger partial charge in [-0.3, -0.25) is 9.97 Å². The zero-order valence-electron chi connectivity index (χ0n) is 34.7. The summed E-state index contributed by atoms with van der Waals surface area (Å²) in [5.74, 6) is 0. The molecule has 9 aromatic carbocycles. The van der Waals surface area contributed by atoms with Crippen molar-refractivity contribution in [2.75, 3.05) is 0 Å². The Morgan fingerprint density at radius 3 is 1.12 bits per heavy atom. The van der Waals surface area contributed by atoms with Crippen molar-refractivity contribution in [3.63, 3.8) is 0 Å². The van der Waals surface area contributed by atoms with E-state index in [2.05, 4.69) is 225 Å². The van der Waals surface area contributed by atoms with E-state index in [-0.39, 0.29) is 0 Å². The van der Waals surface area contributed by atoms with E-state index in [9.17, 15) is 0 Å². The summed E-state index contributed by atoms with van der Waals surface area (Å²) in [6.45, 7) is 0. The Hall–Kier alpha value is -8.60. The monoisotopic (exact) mass is 814 g/mol. The van der Waals surface area contributed by atoms with E-state index < -0.39 is 0 Å². The number of nitrogens with zero attached hydrogens (tertiary/aromatic N) is 4. The summed E-state index contributed by atoms with van der Waals surface area (Å²) < 4.78 is 4.82. The zero-order valence-corrected chi connectivity index (χ0v) is 34.7. The fourth-order valence-electron chi connectivity index (χ4n) is 10.4. The standard InChI is InChI=1S/C60H38N4/c1-3-16-39(17-4-1)44-26-15-27-45(40-18-5-2-6-19-40)59(44)60-50-24-9-7-22-48(50)58(49-23-8-10-25-51(49)60)41-34-42(63-54-28-13-11-20-46(54)52-37-61-32-30-56(52)63)36-43(35-41)64-55-29-14-12-21-47(55)53-38-62-33-31-57(53)64/h1-38H. The molecule has 0 unspecified atom stereocenters. The summed E-state index contributed by atoms with van der Waals surface area (Å²) in [6.07, 6.45) is 7.80. The lowest BCUT2D eigenvalue weighted by molar-refractivity contribution is 1.13. The molecule has 4 heteroatoms. The topological polar surface area (TPSA) is 35.6 Å². The molecule has 0 radical (unpaired) electrons. The van der Waals surface area contributed by atoms with Crippen molar-refractivity contribution >= 4 is 65.2 Å². The molecule has 13 aromatic rings. The van der Waals surface area contributed by atoms with Crippen molar-refractivity contribution in [1.82, 2.24) is 19.1 Å². The highest BCUT2D eigenvalue weighted by atomic mass is 15.0. The normalized spacial score (nSPS) is 11.8. The maximum atomic E-state index is 4.59. The number of hydrogen-bond donors (Lipinski definition) is 0. The van der Waals surface area contributed by atoms with Crippen LogP contribution in [0, 0.1) is 0 Å². The van der Waals surface area contributed by atoms with Crippen LogP contribution in [-0.2, 0) is 0 Å². The van der Waals surface area contributed by atoms with Crippen LogP contribution < -0.4 is 0 Å². The van der Waals surface area contributed by atoms with Gasteiger partial charge in [-0.25, -0.2) is 0 Å². The minimum absolute atomic E-state index is 1.07. The van der Waals surface area contributed by atoms with Crippen LogP contribution in [0.3, 0.4) is 0 Å². The highest BCUT2D eigenvalue weighted by molar-refractivity contribution is 6.24. The predicted octanol–water partition coefficient (Wildman–Crippen LogP) is 15.6. The number of aromatic nitrogens is 4. The Morgan fingerprint density at radius 1 is 0.266 bits per heavy atom. The molecule has 0 bridgehead atoms. The summed E-state index contributed by atoms with van der Waals surface area (Å²) in [6, 6.07) is 75.3. The number of pyridine rings is 2. The summed E-state index contributed by atoms with van der Waals surface area (Å²) in [5.41, 5.74) is 16.2. The minimum Gasteiger partial charge on any atom is -0.309 e. The molecule has 0 fully saturated rings. The smallest absolute Gasteiger partial charge is 0.0571 e. The molecule has 4 heterocycles. The molecule has 0 aliphatic carbocycles. The third-order valence-corrected chi connectivity index (χ3v) is 13.1. The first-order valence-corrected chi connectivity index (χ1v) is 21.8. The van der Waals surface area contributed by atoms with Gasteiger partial charge in [0.1, 0.15) is 0 Å². The molecule has 13 rings (SSSR count). The quantitative estimate of drug-likeness (QED) is 0.157. The highest BCUT2D eigenvalue weighted by Crippen LogP contribution is 2.50. The summed E-state index contributed by atoms with van der Waals surface area (Å²) in [4.78, 5) is 9.18. The van der Waals surface area contributed by atoms with Crippen LogP contribution in [0.15, 0.2) is 231 Å². The van der Waals surface area contributed by atoms with Gasteiger partial charge in [0, 0.05) is 57.7 Å². The maximum absolute atomic E-state index is 4.59. The third-order valence-electron chi connectivity index (χ3n) is 13.1. The first-order valence-electron chi connectivity index (χ1n) is 21.8. The number of hydrogen-bond acceptors (Lipinski definition) is 2. The molecule has 0 aliphatic rings. The van der Waals surface area contributed by atoms with E-state index in [1.165, 1.54) is 71.3 Å². The van der Waals surface area contributed by atoms with Crippen molar-refractivity contribution in [3.8, 4) is 55.9 Å². The lowest BCUT2D eigenvalue weighted by Gasteiger charge is -2.23. The van der Waals surface area contributed by atoms with Gasteiger partial charge in [-0.2, -0.15) is 0 Å². The van der Waals surface area contributed by atoms with Crippen molar-refractivity contribution in [1.29, 1.82) is 0 Å². The minimum atomic E-state index is 1.07. The van der Waals surface area contributed by atoms with Gasteiger partial charge >= 0.3 is 0 Å². The Balaban J connectivity index is 1.18. The van der Waals surface area contributed by atoms with Crippen LogP contribution in [0.5, 0.6) is 0 Å². The predicted molar refractivity (Wildman–Crippen MR) is 267 cm³/mol. The van der Waals surface area contributed by atoms with Gasteiger partial charge in [-0.1, -0.05) is 164 Å². The van der Waals surface area contributed by atoms with Gasteiger partial charge in [0.2, 0.25) is 0 Å². The van der Waals surface area contributed by atoms with Crippen molar-refractivity contribution in [2.24, 2.45) is 0 Å². The largest absolute Gasteiger partial charge is 0.309 e. The Labute approximate surface area is 369 Å². The van der Waals surface area contributed by atoms with E-state index in [1.54, 1.807) is 0 Å².